The first-order chi connectivity index (χ1) is 5.94. The highest BCUT2D eigenvalue weighted by molar-refractivity contribution is 4.68. The quantitative estimate of drug-likeness (QED) is 0.362. The van der Waals surface area contributed by atoms with Crippen molar-refractivity contribution in [2.75, 3.05) is 13.7 Å². The fraction of sp³-hybridized carbons (Fsp3) is 1.00. The van der Waals surface area contributed by atoms with Gasteiger partial charge in [0.1, 0.15) is 0 Å². The van der Waals surface area contributed by atoms with E-state index in [1.54, 1.807) is 13.8 Å². The van der Waals surface area contributed by atoms with Crippen molar-refractivity contribution >= 4 is 0 Å². The Morgan fingerprint density at radius 3 is 2.38 bits per heavy atom. The summed E-state index contributed by atoms with van der Waals surface area (Å²) in [4.78, 5) is 10.2. The molecule has 13 heavy (non-hydrogen) atoms. The second-order valence-corrected chi connectivity index (χ2v) is 3.39. The minimum absolute atomic E-state index is 0.254. The van der Waals surface area contributed by atoms with Crippen LogP contribution in [0.4, 0.5) is 0 Å². The van der Waals surface area contributed by atoms with Gasteiger partial charge in [-0.3, -0.25) is 10.1 Å². The van der Waals surface area contributed by atoms with Crippen LogP contribution in [0.25, 0.3) is 0 Å². The van der Waals surface area contributed by atoms with Crippen LogP contribution in [-0.4, -0.2) is 30.5 Å². The molecular formula is C8H17NO4. The molecule has 0 saturated heterocycles. The lowest BCUT2D eigenvalue weighted by Gasteiger charge is -2.21. The van der Waals surface area contributed by atoms with E-state index < -0.39 is 11.8 Å². The Morgan fingerprint density at radius 1 is 1.54 bits per heavy atom. The first-order valence-corrected chi connectivity index (χ1v) is 4.23. The van der Waals surface area contributed by atoms with Crippen LogP contribution in [0.2, 0.25) is 0 Å². The molecule has 0 aliphatic carbocycles. The van der Waals surface area contributed by atoms with Crippen molar-refractivity contribution in [3.05, 3.63) is 10.1 Å². The maximum atomic E-state index is 10.6. The van der Waals surface area contributed by atoms with Gasteiger partial charge in [-0.1, -0.05) is 0 Å². The van der Waals surface area contributed by atoms with Gasteiger partial charge in [0.05, 0.1) is 6.42 Å². The third kappa shape index (κ3) is 4.19. The zero-order chi connectivity index (χ0) is 10.5. The first-order valence-electron chi connectivity index (χ1n) is 4.23. The van der Waals surface area contributed by atoms with Crippen molar-refractivity contribution in [1.29, 1.82) is 0 Å². The summed E-state index contributed by atoms with van der Waals surface area (Å²) in [6, 6.07) is 0. The maximum Gasteiger partial charge on any atom is 0.221 e. The summed E-state index contributed by atoms with van der Waals surface area (Å²) < 4.78 is 10.1. The summed E-state index contributed by atoms with van der Waals surface area (Å²) in [7, 11) is 1.48. The molecule has 0 aromatic carbocycles. The highest BCUT2D eigenvalue weighted by Gasteiger charge is 2.34. The molecule has 1 unspecified atom stereocenters. The van der Waals surface area contributed by atoms with Crippen LogP contribution in [0.15, 0.2) is 0 Å². The van der Waals surface area contributed by atoms with Crippen LogP contribution in [0, 0.1) is 10.1 Å². The fourth-order valence-corrected chi connectivity index (χ4v) is 0.879. The number of nitro groups is 1. The minimum Gasteiger partial charge on any atom is -0.356 e. The van der Waals surface area contributed by atoms with Crippen LogP contribution in [0.1, 0.15) is 27.2 Å². The Kier molecular flexibility index (Phi) is 4.87. The SMILES string of the molecule is CCOC(CC(C)(C)[N+](=O)[O-])OC. The second-order valence-electron chi connectivity index (χ2n) is 3.39. The number of ether oxygens (including phenoxy) is 2. The predicted molar refractivity (Wildman–Crippen MR) is 48.1 cm³/mol. The fourth-order valence-electron chi connectivity index (χ4n) is 0.879. The molecule has 0 saturated carbocycles. The van der Waals surface area contributed by atoms with Crippen LogP contribution < -0.4 is 0 Å². The highest BCUT2D eigenvalue weighted by Crippen LogP contribution is 2.17. The molecule has 5 heteroatoms. The topological polar surface area (TPSA) is 61.6 Å². The number of hydrogen-bond donors (Lipinski definition) is 0. The standard InChI is InChI=1S/C8H17NO4/c1-5-13-7(12-4)6-8(2,3)9(10)11/h7H,5-6H2,1-4H3. The smallest absolute Gasteiger partial charge is 0.221 e. The molecule has 5 nitrogen and oxygen atoms in total. The Morgan fingerprint density at radius 2 is 2.08 bits per heavy atom. The monoisotopic (exact) mass is 191 g/mol. The van der Waals surface area contributed by atoms with Gasteiger partial charge in [0.15, 0.2) is 6.29 Å². The average molecular weight is 191 g/mol. The molecule has 0 fully saturated rings. The van der Waals surface area contributed by atoms with E-state index >= 15 is 0 Å². The molecule has 0 heterocycles. The number of hydrogen-bond acceptors (Lipinski definition) is 4. The molecular weight excluding hydrogens is 174 g/mol. The molecule has 78 valence electrons. The third-order valence-corrected chi connectivity index (χ3v) is 1.78. The Labute approximate surface area is 78.2 Å². The van der Waals surface area contributed by atoms with Gasteiger partial charge in [-0.2, -0.15) is 0 Å². The van der Waals surface area contributed by atoms with Crippen LogP contribution in [0.3, 0.4) is 0 Å². The molecule has 0 N–H and O–H groups in total. The molecule has 0 spiro atoms. The van der Waals surface area contributed by atoms with E-state index in [0.717, 1.165) is 0 Å². The van der Waals surface area contributed by atoms with Gasteiger partial charge in [-0.25, -0.2) is 0 Å². The Bertz CT molecular complexity index is 170. The highest BCUT2D eigenvalue weighted by atomic mass is 16.7. The molecule has 0 amide bonds. The first kappa shape index (κ1) is 12.3. The summed E-state index contributed by atoms with van der Waals surface area (Å²) >= 11 is 0. The Balaban J connectivity index is 4.13. The zero-order valence-electron chi connectivity index (χ0n) is 8.57. The normalized spacial score (nSPS) is 14.2. The lowest BCUT2D eigenvalue weighted by molar-refractivity contribution is -0.565. The molecule has 0 radical (unpaired) electrons. The van der Waals surface area contributed by atoms with Crippen molar-refractivity contribution in [3.8, 4) is 0 Å². The van der Waals surface area contributed by atoms with Crippen molar-refractivity contribution < 1.29 is 14.4 Å². The predicted octanol–water partition coefficient (Wildman–Crippen LogP) is 1.44. The third-order valence-electron chi connectivity index (χ3n) is 1.78. The summed E-state index contributed by atoms with van der Waals surface area (Å²) in [5, 5.41) is 10.6. The van der Waals surface area contributed by atoms with Crippen LogP contribution >= 0.6 is 0 Å². The van der Waals surface area contributed by atoms with Crippen molar-refractivity contribution in [2.45, 2.75) is 39.0 Å². The largest absolute Gasteiger partial charge is 0.356 e. The van der Waals surface area contributed by atoms with Crippen molar-refractivity contribution in [1.82, 2.24) is 0 Å². The van der Waals surface area contributed by atoms with Gasteiger partial charge in [0, 0.05) is 32.5 Å². The van der Waals surface area contributed by atoms with Gasteiger partial charge in [0.2, 0.25) is 5.54 Å². The van der Waals surface area contributed by atoms with Crippen molar-refractivity contribution in [3.63, 3.8) is 0 Å². The van der Waals surface area contributed by atoms with E-state index in [2.05, 4.69) is 0 Å². The minimum atomic E-state index is -1.00. The summed E-state index contributed by atoms with van der Waals surface area (Å²) in [5.41, 5.74) is -1.00. The van der Waals surface area contributed by atoms with Gasteiger partial charge in [0.25, 0.3) is 0 Å². The Hall–Kier alpha value is -0.680. The van der Waals surface area contributed by atoms with Gasteiger partial charge >= 0.3 is 0 Å². The maximum absolute atomic E-state index is 10.6. The summed E-state index contributed by atoms with van der Waals surface area (Å²) in [5.74, 6) is 0. The molecule has 0 aromatic rings. The van der Waals surface area contributed by atoms with E-state index in [4.69, 9.17) is 9.47 Å². The van der Waals surface area contributed by atoms with Crippen LogP contribution in [-0.2, 0) is 9.47 Å². The molecule has 0 bridgehead atoms. The van der Waals surface area contributed by atoms with Gasteiger partial charge in [-0.05, 0) is 6.92 Å². The molecule has 0 aliphatic rings. The molecule has 0 aromatic heterocycles. The van der Waals surface area contributed by atoms with E-state index in [9.17, 15) is 10.1 Å². The second kappa shape index (κ2) is 5.14. The van der Waals surface area contributed by atoms with Gasteiger partial charge < -0.3 is 9.47 Å². The van der Waals surface area contributed by atoms with E-state index in [0.29, 0.717) is 6.61 Å². The number of rotatable bonds is 6. The van der Waals surface area contributed by atoms with Gasteiger partial charge in [-0.15, -0.1) is 0 Å². The van der Waals surface area contributed by atoms with Crippen molar-refractivity contribution in [2.24, 2.45) is 0 Å². The zero-order valence-corrected chi connectivity index (χ0v) is 8.57. The summed E-state index contributed by atoms with van der Waals surface area (Å²) in [6.45, 7) is 5.42. The lowest BCUT2D eigenvalue weighted by atomic mass is 10.0. The number of methoxy groups -OCH3 is 1. The molecule has 1 atom stereocenters. The number of nitrogens with zero attached hydrogens (tertiary/aromatic N) is 1. The molecule has 0 aliphatic heterocycles. The van der Waals surface area contributed by atoms with E-state index in [-0.39, 0.29) is 11.3 Å². The van der Waals surface area contributed by atoms with E-state index in [1.165, 1.54) is 7.11 Å². The van der Waals surface area contributed by atoms with E-state index in [1.807, 2.05) is 6.92 Å². The average Bonchev–Trinajstić information content (AvgIpc) is 2.03. The molecule has 0 rings (SSSR count). The van der Waals surface area contributed by atoms with Crippen LogP contribution in [0.5, 0.6) is 0 Å². The summed E-state index contributed by atoms with van der Waals surface area (Å²) in [6.07, 6.45) is -0.241. The lowest BCUT2D eigenvalue weighted by Crippen LogP contribution is -2.36.